The third-order valence-corrected chi connectivity index (χ3v) is 3.69. The minimum absolute atomic E-state index is 0.0985. The monoisotopic (exact) mass is 298 g/mol. The molecule has 1 aromatic rings. The Balaban J connectivity index is 2.04. The number of rotatable bonds is 3. The van der Waals surface area contributed by atoms with Crippen molar-refractivity contribution in [2.24, 2.45) is 0 Å². The van der Waals surface area contributed by atoms with Crippen LogP contribution in [0.4, 0.5) is 0 Å². The van der Waals surface area contributed by atoms with Crippen LogP contribution in [0.2, 0.25) is 0 Å². The number of carbonyl (C=O) groups excluding carboxylic acids is 1. The van der Waals surface area contributed by atoms with Crippen molar-refractivity contribution >= 4 is 21.8 Å². The van der Waals surface area contributed by atoms with E-state index in [0.29, 0.717) is 10.2 Å². The number of hydrogen-bond acceptors (Lipinski definition) is 3. The topological polar surface area (TPSA) is 51.2 Å². The van der Waals surface area contributed by atoms with Crippen LogP contribution in [0.3, 0.4) is 0 Å². The second-order valence-electron chi connectivity index (χ2n) is 4.12. The van der Waals surface area contributed by atoms with Gasteiger partial charge in [-0.3, -0.25) is 4.79 Å². The smallest absolute Gasteiger partial charge is 0.271 e. The van der Waals surface area contributed by atoms with E-state index in [1.165, 1.54) is 0 Å². The summed E-state index contributed by atoms with van der Waals surface area (Å²) in [7, 11) is 1.69. The molecule has 0 bridgehead atoms. The van der Waals surface area contributed by atoms with E-state index in [2.05, 4.69) is 26.2 Å². The molecule has 1 N–H and O–H groups in total. The number of ether oxygens (including phenoxy) is 1. The van der Waals surface area contributed by atoms with Crippen LogP contribution in [0.5, 0.6) is 0 Å². The maximum atomic E-state index is 12.0. The molecule has 1 aliphatic rings. The van der Waals surface area contributed by atoms with E-state index in [9.17, 15) is 4.79 Å². The van der Waals surface area contributed by atoms with Crippen LogP contribution in [0.25, 0.3) is 0 Å². The van der Waals surface area contributed by atoms with E-state index in [0.717, 1.165) is 19.3 Å². The predicted octanol–water partition coefficient (Wildman–Crippen LogP) is 2.14. The average Bonchev–Trinajstić information content (AvgIpc) is 2.76. The molecule has 92 valence electrons. The van der Waals surface area contributed by atoms with Crippen LogP contribution in [0, 0.1) is 0 Å². The lowest BCUT2D eigenvalue weighted by molar-refractivity contribution is 0.0719. The molecule has 0 aliphatic heterocycles. The minimum Gasteiger partial charge on any atom is -0.379 e. The molecule has 17 heavy (non-hydrogen) atoms. The molecule has 1 aromatic heterocycles. The first-order valence-electron chi connectivity index (χ1n) is 5.66. The van der Waals surface area contributed by atoms with Crippen molar-refractivity contribution < 1.29 is 9.53 Å². The quantitative estimate of drug-likeness (QED) is 0.930. The fraction of sp³-hybridized carbons (Fsp3) is 0.500. The van der Waals surface area contributed by atoms with Crippen molar-refractivity contribution in [2.45, 2.75) is 31.4 Å². The number of methoxy groups -OCH3 is 1. The van der Waals surface area contributed by atoms with Gasteiger partial charge in [-0.25, -0.2) is 4.98 Å². The Labute approximate surface area is 109 Å². The number of hydrogen-bond donors (Lipinski definition) is 1. The van der Waals surface area contributed by atoms with Crippen molar-refractivity contribution in [3.05, 3.63) is 28.5 Å². The van der Waals surface area contributed by atoms with Crippen molar-refractivity contribution in [1.82, 2.24) is 10.3 Å². The second kappa shape index (κ2) is 5.60. The lowest BCUT2D eigenvalue weighted by Gasteiger charge is -2.19. The number of aromatic nitrogens is 1. The summed E-state index contributed by atoms with van der Waals surface area (Å²) in [5.74, 6) is -0.147. The molecule has 1 heterocycles. The van der Waals surface area contributed by atoms with Gasteiger partial charge < -0.3 is 10.1 Å². The number of pyridine rings is 1. The van der Waals surface area contributed by atoms with E-state index in [1.54, 1.807) is 19.4 Å². The van der Waals surface area contributed by atoms with Crippen LogP contribution in [0.1, 0.15) is 29.8 Å². The zero-order valence-electron chi connectivity index (χ0n) is 9.65. The molecule has 1 aliphatic carbocycles. The van der Waals surface area contributed by atoms with Crippen LogP contribution in [-0.2, 0) is 4.74 Å². The SMILES string of the molecule is COC1CCCC1NC(=O)c1ncccc1Br. The molecule has 2 unspecified atom stereocenters. The summed E-state index contributed by atoms with van der Waals surface area (Å²) in [6.07, 6.45) is 4.80. The van der Waals surface area contributed by atoms with Gasteiger partial charge in [0.1, 0.15) is 5.69 Å². The summed E-state index contributed by atoms with van der Waals surface area (Å²) < 4.78 is 6.06. The Kier molecular flexibility index (Phi) is 4.12. The Morgan fingerprint density at radius 1 is 1.59 bits per heavy atom. The Bertz CT molecular complexity index is 411. The van der Waals surface area contributed by atoms with Gasteiger partial charge in [-0.05, 0) is 47.3 Å². The molecule has 0 aromatic carbocycles. The summed E-state index contributed by atoms with van der Waals surface area (Å²) in [5.41, 5.74) is 0.425. The van der Waals surface area contributed by atoms with Gasteiger partial charge in [-0.1, -0.05) is 0 Å². The standard InChI is InChI=1S/C12H15BrN2O2/c1-17-10-6-2-5-9(10)15-12(16)11-8(13)4-3-7-14-11/h3-4,7,9-10H,2,5-6H2,1H3,(H,15,16). The molecular formula is C12H15BrN2O2. The number of nitrogens with zero attached hydrogens (tertiary/aromatic N) is 1. The van der Waals surface area contributed by atoms with Gasteiger partial charge in [0.2, 0.25) is 0 Å². The summed E-state index contributed by atoms with van der Waals surface area (Å²) in [5, 5.41) is 2.98. The van der Waals surface area contributed by atoms with E-state index in [1.807, 2.05) is 6.07 Å². The maximum Gasteiger partial charge on any atom is 0.271 e. The third-order valence-electron chi connectivity index (χ3n) is 3.05. The predicted molar refractivity (Wildman–Crippen MR) is 67.8 cm³/mol. The highest BCUT2D eigenvalue weighted by Gasteiger charge is 2.29. The lowest BCUT2D eigenvalue weighted by atomic mass is 10.2. The lowest BCUT2D eigenvalue weighted by Crippen LogP contribution is -2.41. The van der Waals surface area contributed by atoms with Gasteiger partial charge in [0.05, 0.1) is 12.1 Å². The molecule has 2 atom stereocenters. The molecule has 0 saturated heterocycles. The third kappa shape index (κ3) is 2.84. The van der Waals surface area contributed by atoms with Gasteiger partial charge in [0.25, 0.3) is 5.91 Å². The second-order valence-corrected chi connectivity index (χ2v) is 4.97. The summed E-state index contributed by atoms with van der Waals surface area (Å²) in [6, 6.07) is 3.69. The zero-order valence-corrected chi connectivity index (χ0v) is 11.2. The van der Waals surface area contributed by atoms with Crippen LogP contribution < -0.4 is 5.32 Å². The summed E-state index contributed by atoms with van der Waals surface area (Å²) >= 11 is 3.32. The van der Waals surface area contributed by atoms with E-state index in [4.69, 9.17) is 4.74 Å². The number of halogens is 1. The zero-order chi connectivity index (χ0) is 12.3. The first-order valence-corrected chi connectivity index (χ1v) is 6.46. The normalized spacial score (nSPS) is 23.6. The Morgan fingerprint density at radius 3 is 3.12 bits per heavy atom. The average molecular weight is 299 g/mol. The van der Waals surface area contributed by atoms with Gasteiger partial charge >= 0.3 is 0 Å². The molecule has 0 radical (unpaired) electrons. The fourth-order valence-electron chi connectivity index (χ4n) is 2.16. The number of nitrogens with one attached hydrogen (secondary N) is 1. The molecule has 1 amide bonds. The van der Waals surface area contributed by atoms with E-state index in [-0.39, 0.29) is 18.1 Å². The van der Waals surface area contributed by atoms with Crippen molar-refractivity contribution in [1.29, 1.82) is 0 Å². The largest absolute Gasteiger partial charge is 0.379 e. The highest BCUT2D eigenvalue weighted by atomic mass is 79.9. The number of amides is 1. The van der Waals surface area contributed by atoms with Crippen LogP contribution in [-0.4, -0.2) is 30.1 Å². The van der Waals surface area contributed by atoms with Crippen molar-refractivity contribution in [3.63, 3.8) is 0 Å². The molecule has 4 nitrogen and oxygen atoms in total. The van der Waals surface area contributed by atoms with Gasteiger partial charge in [0, 0.05) is 17.8 Å². The van der Waals surface area contributed by atoms with Crippen LogP contribution in [0.15, 0.2) is 22.8 Å². The summed E-state index contributed by atoms with van der Waals surface area (Å²) in [4.78, 5) is 16.1. The van der Waals surface area contributed by atoms with Crippen LogP contribution >= 0.6 is 15.9 Å². The highest BCUT2D eigenvalue weighted by Crippen LogP contribution is 2.22. The molecule has 0 spiro atoms. The minimum atomic E-state index is -0.147. The summed E-state index contributed by atoms with van der Waals surface area (Å²) in [6.45, 7) is 0. The highest BCUT2D eigenvalue weighted by molar-refractivity contribution is 9.10. The number of carbonyl (C=O) groups is 1. The van der Waals surface area contributed by atoms with Gasteiger partial charge in [-0.2, -0.15) is 0 Å². The molecule has 1 fully saturated rings. The first-order chi connectivity index (χ1) is 8.22. The molecule has 5 heteroatoms. The Hall–Kier alpha value is -0.940. The Morgan fingerprint density at radius 2 is 2.41 bits per heavy atom. The molecule has 1 saturated carbocycles. The molecular weight excluding hydrogens is 284 g/mol. The van der Waals surface area contributed by atoms with E-state index >= 15 is 0 Å². The van der Waals surface area contributed by atoms with Gasteiger partial charge in [-0.15, -0.1) is 0 Å². The van der Waals surface area contributed by atoms with E-state index < -0.39 is 0 Å². The molecule has 2 rings (SSSR count). The van der Waals surface area contributed by atoms with Gasteiger partial charge in [0.15, 0.2) is 0 Å². The fourth-order valence-corrected chi connectivity index (χ4v) is 2.60. The maximum absolute atomic E-state index is 12.0. The van der Waals surface area contributed by atoms with Crippen molar-refractivity contribution in [3.8, 4) is 0 Å². The van der Waals surface area contributed by atoms with Crippen molar-refractivity contribution in [2.75, 3.05) is 7.11 Å². The first kappa shape index (κ1) is 12.5.